The maximum Gasteiger partial charge on any atom is 0.332 e. The molecule has 0 aliphatic rings. The van der Waals surface area contributed by atoms with Crippen LogP contribution in [0.25, 0.3) is 0 Å². The molecule has 17 heavy (non-hydrogen) atoms. The molecule has 11 heteroatoms. The number of aromatic nitrogens is 1. The molecule has 0 amide bonds. The Morgan fingerprint density at radius 3 is 2.35 bits per heavy atom. The lowest BCUT2D eigenvalue weighted by molar-refractivity contribution is -0.389. The molecule has 1 aromatic heterocycles. The van der Waals surface area contributed by atoms with Crippen molar-refractivity contribution >= 4 is 25.4 Å². The highest BCUT2D eigenvalue weighted by Crippen LogP contribution is 2.32. The Labute approximate surface area is 96.6 Å². The number of nitrogens with zero attached hydrogens (tertiary/aromatic N) is 2. The molecular weight excluding hydrogens is 289 g/mol. The fourth-order valence-electron chi connectivity index (χ4n) is 0.974. The van der Waals surface area contributed by atoms with Crippen molar-refractivity contribution in [2.24, 2.45) is 0 Å². The molecule has 0 fully saturated rings. The first-order chi connectivity index (χ1) is 7.64. The SMILES string of the molecule is O=[N+]([O-])c1c(C(F)F)cc(S(=O)(=O)Cl)nc1F. The first kappa shape index (κ1) is 13.6. The Morgan fingerprint density at radius 1 is 1.47 bits per heavy atom. The van der Waals surface area contributed by atoms with E-state index in [0.29, 0.717) is 0 Å². The number of hydrogen-bond acceptors (Lipinski definition) is 5. The van der Waals surface area contributed by atoms with Crippen molar-refractivity contribution in [3.05, 3.63) is 27.7 Å². The number of nitro groups is 1. The van der Waals surface area contributed by atoms with Crippen LogP contribution >= 0.6 is 10.7 Å². The molecule has 0 bridgehead atoms. The van der Waals surface area contributed by atoms with Crippen LogP contribution in [0.15, 0.2) is 11.1 Å². The number of hydrogen-bond donors (Lipinski definition) is 0. The minimum atomic E-state index is -4.56. The quantitative estimate of drug-likeness (QED) is 0.367. The second-order valence-corrected chi connectivity index (χ2v) is 5.20. The Morgan fingerprint density at radius 2 is 2.00 bits per heavy atom. The van der Waals surface area contributed by atoms with Gasteiger partial charge in [0.25, 0.3) is 21.4 Å². The molecule has 0 aliphatic heterocycles. The summed E-state index contributed by atoms with van der Waals surface area (Å²) in [5.41, 5.74) is -2.98. The van der Waals surface area contributed by atoms with E-state index in [2.05, 4.69) is 4.98 Å². The summed E-state index contributed by atoms with van der Waals surface area (Å²) in [5.74, 6) is -1.94. The third-order valence-electron chi connectivity index (χ3n) is 1.62. The van der Waals surface area contributed by atoms with Crippen molar-refractivity contribution in [2.45, 2.75) is 11.5 Å². The molecule has 0 spiro atoms. The lowest BCUT2D eigenvalue weighted by atomic mass is 10.2. The summed E-state index contributed by atoms with van der Waals surface area (Å²) in [6.07, 6.45) is -3.44. The number of rotatable bonds is 3. The lowest BCUT2D eigenvalue weighted by Gasteiger charge is -2.03. The van der Waals surface area contributed by atoms with Crippen molar-refractivity contribution in [3.8, 4) is 0 Å². The van der Waals surface area contributed by atoms with Crippen molar-refractivity contribution in [3.63, 3.8) is 0 Å². The van der Waals surface area contributed by atoms with Crippen LogP contribution in [0, 0.1) is 16.1 Å². The molecule has 0 aliphatic carbocycles. The van der Waals surface area contributed by atoms with E-state index in [1.807, 2.05) is 0 Å². The van der Waals surface area contributed by atoms with Crippen molar-refractivity contribution in [1.82, 2.24) is 4.98 Å². The number of pyridine rings is 1. The molecule has 0 unspecified atom stereocenters. The molecule has 0 atom stereocenters. The highest BCUT2D eigenvalue weighted by molar-refractivity contribution is 8.13. The number of halogens is 4. The maximum atomic E-state index is 13.0. The molecule has 0 aromatic carbocycles. The summed E-state index contributed by atoms with van der Waals surface area (Å²) in [4.78, 5) is 11.5. The molecule has 0 N–H and O–H groups in total. The molecular formula is C6H2ClF3N2O4S. The van der Waals surface area contributed by atoms with Gasteiger partial charge in [-0.25, -0.2) is 22.2 Å². The summed E-state index contributed by atoms with van der Waals surface area (Å²) >= 11 is 0. The summed E-state index contributed by atoms with van der Waals surface area (Å²) in [5, 5.41) is 9.11. The molecule has 0 radical (unpaired) electrons. The zero-order valence-electron chi connectivity index (χ0n) is 7.60. The zero-order valence-corrected chi connectivity index (χ0v) is 9.17. The highest BCUT2D eigenvalue weighted by atomic mass is 35.7. The van der Waals surface area contributed by atoms with E-state index in [4.69, 9.17) is 10.7 Å². The maximum absolute atomic E-state index is 13.0. The minimum Gasteiger partial charge on any atom is -0.258 e. The van der Waals surface area contributed by atoms with Gasteiger partial charge in [-0.05, 0) is 6.07 Å². The van der Waals surface area contributed by atoms with Gasteiger partial charge in [0, 0.05) is 10.7 Å². The van der Waals surface area contributed by atoms with E-state index in [1.54, 1.807) is 0 Å². The summed E-state index contributed by atoms with van der Waals surface area (Å²) < 4.78 is 59.4. The van der Waals surface area contributed by atoms with Gasteiger partial charge in [-0.1, -0.05) is 0 Å². The predicted octanol–water partition coefficient (Wildman–Crippen LogP) is 1.99. The van der Waals surface area contributed by atoms with Gasteiger partial charge in [0.1, 0.15) is 5.56 Å². The predicted molar refractivity (Wildman–Crippen MR) is 48.8 cm³/mol. The van der Waals surface area contributed by atoms with E-state index in [-0.39, 0.29) is 6.07 Å². The van der Waals surface area contributed by atoms with Crippen molar-refractivity contribution in [1.29, 1.82) is 0 Å². The Hall–Kier alpha value is -1.42. The fraction of sp³-hybridized carbons (Fsp3) is 0.167. The van der Waals surface area contributed by atoms with Gasteiger partial charge in [-0.3, -0.25) is 10.1 Å². The van der Waals surface area contributed by atoms with Gasteiger partial charge in [0.15, 0.2) is 5.03 Å². The molecule has 1 rings (SSSR count). The van der Waals surface area contributed by atoms with Crippen LogP contribution < -0.4 is 0 Å². The standard InChI is InChI=1S/C6H2ClF3N2O4S/c7-17(15,16)3-1-2(5(8)9)4(12(13)14)6(10)11-3/h1,5H. The van der Waals surface area contributed by atoms with E-state index in [9.17, 15) is 31.7 Å². The van der Waals surface area contributed by atoms with Gasteiger partial charge in [0.2, 0.25) is 0 Å². The molecule has 94 valence electrons. The molecule has 0 saturated carbocycles. The van der Waals surface area contributed by atoms with Crippen molar-refractivity contribution in [2.75, 3.05) is 0 Å². The molecule has 1 heterocycles. The van der Waals surface area contributed by atoms with Crippen LogP contribution in [0.1, 0.15) is 12.0 Å². The molecule has 6 nitrogen and oxygen atoms in total. The van der Waals surface area contributed by atoms with Crippen molar-refractivity contribution < 1.29 is 26.5 Å². The first-order valence-corrected chi connectivity index (χ1v) is 6.03. The van der Waals surface area contributed by atoms with Gasteiger partial charge in [-0.2, -0.15) is 4.39 Å². The van der Waals surface area contributed by atoms with Crippen LogP contribution in [-0.2, 0) is 9.05 Å². The van der Waals surface area contributed by atoms with E-state index in [0.717, 1.165) is 0 Å². The topological polar surface area (TPSA) is 90.2 Å². The van der Waals surface area contributed by atoms with Crippen LogP contribution in [-0.4, -0.2) is 18.3 Å². The largest absolute Gasteiger partial charge is 0.332 e. The van der Waals surface area contributed by atoms with Crippen LogP contribution in [0.3, 0.4) is 0 Å². The summed E-state index contributed by atoms with van der Waals surface area (Å²) in [6, 6.07) is 0.161. The molecule has 1 aromatic rings. The monoisotopic (exact) mass is 290 g/mol. The fourth-order valence-corrected chi connectivity index (χ4v) is 1.67. The van der Waals surface area contributed by atoms with Gasteiger partial charge in [0.05, 0.1) is 4.92 Å². The van der Waals surface area contributed by atoms with E-state index in [1.165, 1.54) is 0 Å². The smallest absolute Gasteiger partial charge is 0.258 e. The normalized spacial score (nSPS) is 11.8. The van der Waals surface area contributed by atoms with Gasteiger partial charge >= 0.3 is 5.69 Å². The van der Waals surface area contributed by atoms with Gasteiger partial charge in [-0.15, -0.1) is 0 Å². The number of alkyl halides is 2. The van der Waals surface area contributed by atoms with E-state index < -0.39 is 42.6 Å². The average molecular weight is 291 g/mol. The molecule has 0 saturated heterocycles. The summed E-state index contributed by atoms with van der Waals surface area (Å²) in [6.45, 7) is 0. The zero-order chi connectivity index (χ0) is 13.4. The summed E-state index contributed by atoms with van der Waals surface area (Å²) in [7, 11) is 0.209. The third kappa shape index (κ3) is 2.82. The third-order valence-corrected chi connectivity index (χ3v) is 2.81. The van der Waals surface area contributed by atoms with E-state index >= 15 is 0 Å². The highest BCUT2D eigenvalue weighted by Gasteiger charge is 2.31. The van der Waals surface area contributed by atoms with Gasteiger partial charge < -0.3 is 0 Å². The Kier molecular flexibility index (Phi) is 3.57. The second kappa shape index (κ2) is 4.45. The Balaban J connectivity index is 3.64. The second-order valence-electron chi connectivity index (χ2n) is 2.68. The van der Waals surface area contributed by atoms with Crippen LogP contribution in [0.4, 0.5) is 18.9 Å². The lowest BCUT2D eigenvalue weighted by Crippen LogP contribution is -2.06. The minimum absolute atomic E-state index is 0.161. The average Bonchev–Trinajstić information content (AvgIpc) is 2.13. The Bertz CT molecular complexity index is 577. The van der Waals surface area contributed by atoms with Crippen LogP contribution in [0.5, 0.6) is 0 Å². The first-order valence-electron chi connectivity index (χ1n) is 3.72. The van der Waals surface area contributed by atoms with Crippen LogP contribution in [0.2, 0.25) is 0 Å².